The van der Waals surface area contributed by atoms with Gasteiger partial charge >= 0.3 is 5.97 Å². The summed E-state index contributed by atoms with van der Waals surface area (Å²) in [6.45, 7) is 0.233. The first-order valence-electron chi connectivity index (χ1n) is 10.1. The number of amides is 2. The van der Waals surface area contributed by atoms with Crippen LogP contribution < -0.4 is 9.27 Å². The van der Waals surface area contributed by atoms with Gasteiger partial charge < -0.3 is 10.4 Å². The second kappa shape index (κ2) is 10.5. The van der Waals surface area contributed by atoms with Crippen LogP contribution in [0.3, 0.4) is 0 Å². The number of carbonyl (C=O) groups excluding carboxylic acids is 2. The molecule has 2 amide bonds. The maximum Gasteiger partial charge on any atom is 0.352 e. The minimum Gasteiger partial charge on any atom is -0.477 e. The number of carboxylic acid groups (broad SMARTS) is 1. The topological polar surface area (TPSA) is 152 Å². The molecule has 2 unspecified atom stereocenters. The maximum atomic E-state index is 12.8. The van der Waals surface area contributed by atoms with E-state index in [0.717, 1.165) is 15.5 Å². The molecule has 2 N–H and O–H groups in total. The number of aliphatic carboxylic acids is 1. The lowest BCUT2D eigenvalue weighted by atomic mass is 10.0. The average Bonchev–Trinajstić information content (AvgIpc) is 3.25. The highest BCUT2D eigenvalue weighted by Gasteiger charge is 2.54. The molecule has 176 valence electrons. The van der Waals surface area contributed by atoms with Crippen LogP contribution in [0.2, 0.25) is 0 Å². The minimum atomic E-state index is -1.15. The number of hydrogen-bond acceptors (Lipinski definition) is 8. The first kappa shape index (κ1) is 24.1. The van der Waals surface area contributed by atoms with Crippen molar-refractivity contribution in [3.63, 3.8) is 0 Å². The number of carboxylic acids is 1. The van der Waals surface area contributed by atoms with Crippen LogP contribution in [0.1, 0.15) is 11.1 Å². The van der Waals surface area contributed by atoms with Crippen LogP contribution in [0.25, 0.3) is 10.4 Å². The van der Waals surface area contributed by atoms with Gasteiger partial charge in [0.25, 0.3) is 16.6 Å². The first-order valence-corrected chi connectivity index (χ1v) is 12.9. The molecule has 0 bridgehead atoms. The SMILES string of the molecule is C[n+]1cnc(SCC2=C(C(=O)O)N3C(=O)C(NC(=O)Cc4ccc(CN=[N+]=[N-])cc4)C3SC2)s1. The van der Waals surface area contributed by atoms with Gasteiger partial charge in [0.2, 0.25) is 5.91 Å². The van der Waals surface area contributed by atoms with Crippen molar-refractivity contribution in [3.05, 3.63) is 63.4 Å². The van der Waals surface area contributed by atoms with E-state index in [1.807, 2.05) is 11.0 Å². The predicted molar refractivity (Wildman–Crippen MR) is 127 cm³/mol. The van der Waals surface area contributed by atoms with Crippen molar-refractivity contribution in [2.45, 2.75) is 28.7 Å². The Labute approximate surface area is 207 Å². The van der Waals surface area contributed by atoms with Crippen LogP contribution >= 0.6 is 35.1 Å². The third kappa shape index (κ3) is 5.20. The summed E-state index contributed by atoms with van der Waals surface area (Å²) in [6, 6.07) is 6.33. The summed E-state index contributed by atoms with van der Waals surface area (Å²) >= 11 is 4.34. The number of β-lactam (4-membered cyclic amide) rings is 1. The second-order valence-corrected chi connectivity index (χ2v) is 11.0. The van der Waals surface area contributed by atoms with Crippen LogP contribution in [0.5, 0.6) is 0 Å². The summed E-state index contributed by atoms with van der Waals surface area (Å²) < 4.78 is 2.67. The molecule has 2 atom stereocenters. The maximum absolute atomic E-state index is 12.8. The lowest BCUT2D eigenvalue weighted by molar-refractivity contribution is -0.603. The van der Waals surface area contributed by atoms with E-state index >= 15 is 0 Å². The number of carbonyl (C=O) groups is 3. The van der Waals surface area contributed by atoms with Crippen molar-refractivity contribution < 1.29 is 23.4 Å². The molecule has 2 aliphatic heterocycles. The number of nitrogens with one attached hydrogen (secondary N) is 1. The number of hydrogen-bond donors (Lipinski definition) is 2. The molecule has 11 nitrogen and oxygen atoms in total. The van der Waals surface area contributed by atoms with Crippen molar-refractivity contribution in [1.29, 1.82) is 0 Å². The monoisotopic (exact) mass is 518 g/mol. The van der Waals surface area contributed by atoms with E-state index in [9.17, 15) is 19.5 Å². The number of azide groups is 1. The molecule has 4 rings (SSSR count). The zero-order valence-electron chi connectivity index (χ0n) is 17.9. The standard InChI is InChI=1S/C20H19N7O4S3/c1-26-10-22-20(34-26)33-9-13-8-32-18-15(17(29)27(18)16(13)19(30)31)24-14(28)6-11-2-4-12(5-3-11)7-23-25-21/h2-5,10,15,18H,6-9H2,1H3,(H-,24,28,30,31)/p+1. The minimum absolute atomic E-state index is 0.00305. The quantitative estimate of drug-likeness (QED) is 0.128. The normalized spacial score (nSPS) is 19.2. The highest BCUT2D eigenvalue weighted by atomic mass is 32.2. The van der Waals surface area contributed by atoms with Crippen molar-refractivity contribution in [2.75, 3.05) is 11.5 Å². The van der Waals surface area contributed by atoms with Gasteiger partial charge in [-0.2, -0.15) is 3.96 Å². The summed E-state index contributed by atoms with van der Waals surface area (Å²) in [4.78, 5) is 45.6. The fourth-order valence-corrected chi connectivity index (χ4v) is 6.90. The Morgan fingerprint density at radius 2 is 2.12 bits per heavy atom. The molecule has 2 aliphatic rings. The van der Waals surface area contributed by atoms with Gasteiger partial charge in [-0.15, -0.1) is 11.8 Å². The molecule has 2 aromatic rings. The lowest BCUT2D eigenvalue weighted by Crippen LogP contribution is -2.70. The summed E-state index contributed by atoms with van der Waals surface area (Å²) in [7, 11) is 1.87. The van der Waals surface area contributed by atoms with E-state index < -0.39 is 23.3 Å². The number of aryl methyl sites for hydroxylation is 1. The Kier molecular flexibility index (Phi) is 7.41. The Bertz CT molecular complexity index is 1210. The highest BCUT2D eigenvalue weighted by Crippen LogP contribution is 2.41. The van der Waals surface area contributed by atoms with Crippen molar-refractivity contribution in [3.8, 4) is 0 Å². The summed E-state index contributed by atoms with van der Waals surface area (Å²) in [5.74, 6) is -1.01. The number of rotatable bonds is 9. The van der Waals surface area contributed by atoms with E-state index in [1.165, 1.54) is 40.0 Å². The van der Waals surface area contributed by atoms with Crippen LogP contribution in [0, 0.1) is 0 Å². The number of benzene rings is 1. The van der Waals surface area contributed by atoms with E-state index in [2.05, 4.69) is 20.3 Å². The Morgan fingerprint density at radius 1 is 1.38 bits per heavy atom. The molecule has 0 radical (unpaired) electrons. The summed E-state index contributed by atoms with van der Waals surface area (Å²) in [6.07, 6.45) is 1.77. The Morgan fingerprint density at radius 3 is 2.76 bits per heavy atom. The zero-order chi connectivity index (χ0) is 24.2. The Balaban J connectivity index is 1.38. The van der Waals surface area contributed by atoms with Gasteiger partial charge in [-0.3, -0.25) is 14.5 Å². The largest absolute Gasteiger partial charge is 0.477 e. The van der Waals surface area contributed by atoms with Crippen molar-refractivity contribution in [1.82, 2.24) is 15.2 Å². The molecule has 0 spiro atoms. The van der Waals surface area contributed by atoms with Gasteiger partial charge in [0.15, 0.2) is 0 Å². The van der Waals surface area contributed by atoms with Crippen molar-refractivity contribution >= 4 is 52.8 Å². The lowest BCUT2D eigenvalue weighted by Gasteiger charge is -2.49. The van der Waals surface area contributed by atoms with Crippen LogP contribution in [-0.4, -0.2) is 55.7 Å². The molecular weight excluding hydrogens is 498 g/mol. The third-order valence-electron chi connectivity index (χ3n) is 5.19. The van der Waals surface area contributed by atoms with E-state index in [1.54, 1.807) is 30.6 Å². The second-order valence-electron chi connectivity index (χ2n) is 7.53. The van der Waals surface area contributed by atoms with Gasteiger partial charge in [-0.25, -0.2) is 4.79 Å². The fraction of sp³-hybridized carbons (Fsp3) is 0.350. The average molecular weight is 519 g/mol. The van der Waals surface area contributed by atoms with Gasteiger partial charge in [0.05, 0.1) is 31.5 Å². The summed E-state index contributed by atoms with van der Waals surface area (Å²) in [5, 5.41) is 15.6. The van der Waals surface area contributed by atoms with Crippen LogP contribution in [-0.2, 0) is 34.4 Å². The van der Waals surface area contributed by atoms with Gasteiger partial charge in [-0.05, 0) is 27.2 Å². The smallest absolute Gasteiger partial charge is 0.352 e. The molecule has 34 heavy (non-hydrogen) atoms. The van der Waals surface area contributed by atoms with Crippen molar-refractivity contribution in [2.24, 2.45) is 12.2 Å². The summed E-state index contributed by atoms with van der Waals surface area (Å²) in [5.41, 5.74) is 10.6. The fourth-order valence-electron chi connectivity index (χ4n) is 3.59. The van der Waals surface area contributed by atoms with Gasteiger partial charge in [-0.1, -0.05) is 41.1 Å². The van der Waals surface area contributed by atoms with Crippen LogP contribution in [0.15, 0.2) is 51.3 Å². The van der Waals surface area contributed by atoms with E-state index in [4.69, 9.17) is 5.53 Å². The van der Waals surface area contributed by atoms with Gasteiger partial charge in [0.1, 0.15) is 17.1 Å². The molecule has 3 heterocycles. The predicted octanol–water partition coefficient (Wildman–Crippen LogP) is 1.85. The molecule has 1 aromatic carbocycles. The molecule has 0 aliphatic carbocycles. The number of thioether (sulfide) groups is 2. The highest BCUT2D eigenvalue weighted by molar-refractivity contribution is 8.01. The Hall–Kier alpha value is -3.06. The molecule has 14 heteroatoms. The van der Waals surface area contributed by atoms with E-state index in [-0.39, 0.29) is 24.6 Å². The zero-order valence-corrected chi connectivity index (χ0v) is 20.4. The molecule has 1 aromatic heterocycles. The first-order chi connectivity index (χ1) is 16.4. The molecule has 0 saturated carbocycles. The van der Waals surface area contributed by atoms with E-state index in [0.29, 0.717) is 17.1 Å². The van der Waals surface area contributed by atoms with Crippen LogP contribution in [0.4, 0.5) is 0 Å². The number of fused-ring (bicyclic) bond motifs is 1. The molecular formula is C20H20N7O4S3+. The number of nitrogens with zero attached hydrogens (tertiary/aromatic N) is 6. The number of aromatic nitrogens is 2. The van der Waals surface area contributed by atoms with Gasteiger partial charge in [0, 0.05) is 16.4 Å². The molecule has 1 fully saturated rings. The molecule has 1 saturated heterocycles. The third-order valence-corrected chi connectivity index (χ3v) is 8.59.